The molecule has 0 aromatic rings. The van der Waals surface area contributed by atoms with Gasteiger partial charge in [0.1, 0.15) is 12.1 Å². The highest BCUT2D eigenvalue weighted by Crippen LogP contribution is 2.07. The van der Waals surface area contributed by atoms with E-state index < -0.39 is 29.9 Å². The van der Waals surface area contributed by atoms with Crippen LogP contribution < -0.4 is 11.1 Å². The van der Waals surface area contributed by atoms with E-state index in [2.05, 4.69) is 10.1 Å². The molecule has 0 aliphatic heterocycles. The fourth-order valence-electron chi connectivity index (χ4n) is 2.25. The van der Waals surface area contributed by atoms with Crippen LogP contribution >= 0.6 is 0 Å². The molecule has 3 N–H and O–H groups in total. The first-order chi connectivity index (χ1) is 12.2. The fraction of sp³-hybridized carbons (Fsp3) is 0.765. The smallest absolute Gasteiger partial charge is 0.328 e. The number of nitrogens with two attached hydrogens (primary N) is 1. The highest BCUT2D eigenvalue weighted by atomic mass is 16.5. The van der Waals surface area contributed by atoms with Crippen LogP contribution in [-0.2, 0) is 23.9 Å². The molecular formula is C17H31N3O5. The maximum absolute atomic E-state index is 12.5. The first-order valence-electron chi connectivity index (χ1n) is 9.16. The topological polar surface area (TPSA) is 119 Å². The Bertz CT molecular complexity index is 487. The Morgan fingerprint density at radius 1 is 1.20 bits per heavy atom. The van der Waals surface area contributed by atoms with Crippen LogP contribution in [0.3, 0.4) is 0 Å². The number of esters is 1. The summed E-state index contributed by atoms with van der Waals surface area (Å²) >= 11 is 0. The Morgan fingerprint density at radius 3 is 2.40 bits per heavy atom. The molecule has 0 spiro atoms. The SMILES string of the molecule is [2H]CCCCCCCC(=O)N[C@@H](CC(N)=O)C(=O)N(C)[C@@H](C)C(=O)OC. The summed E-state index contributed by atoms with van der Waals surface area (Å²) in [4.78, 5) is 48.5. The lowest BCUT2D eigenvalue weighted by Crippen LogP contribution is -2.52. The van der Waals surface area contributed by atoms with Gasteiger partial charge in [0.15, 0.2) is 0 Å². The third kappa shape index (κ3) is 9.07. The number of unbranched alkanes of at least 4 members (excludes halogenated alkanes) is 4. The Hall–Kier alpha value is -2.12. The zero-order valence-electron chi connectivity index (χ0n) is 16.4. The maximum Gasteiger partial charge on any atom is 0.328 e. The highest BCUT2D eigenvalue weighted by molar-refractivity contribution is 5.93. The van der Waals surface area contributed by atoms with Crippen LogP contribution in [0.4, 0.5) is 0 Å². The van der Waals surface area contributed by atoms with Gasteiger partial charge in [-0.3, -0.25) is 14.4 Å². The van der Waals surface area contributed by atoms with Crippen molar-refractivity contribution in [2.75, 3.05) is 14.2 Å². The molecule has 144 valence electrons. The van der Waals surface area contributed by atoms with Crippen molar-refractivity contribution in [1.29, 1.82) is 0 Å². The molecule has 0 aromatic heterocycles. The third-order valence-corrected chi connectivity index (χ3v) is 3.91. The molecule has 0 radical (unpaired) electrons. The second-order valence-electron chi connectivity index (χ2n) is 5.96. The molecule has 0 heterocycles. The Kier molecular flexibility index (Phi) is 10.3. The number of carbonyl (C=O) groups is 4. The Balaban J connectivity index is 4.63. The van der Waals surface area contributed by atoms with E-state index in [9.17, 15) is 19.2 Å². The molecule has 0 unspecified atom stereocenters. The molecule has 0 rings (SSSR count). The van der Waals surface area contributed by atoms with E-state index in [4.69, 9.17) is 7.10 Å². The molecular weight excluding hydrogens is 326 g/mol. The molecule has 0 bridgehead atoms. The maximum atomic E-state index is 12.5. The largest absolute Gasteiger partial charge is 0.467 e. The van der Waals surface area contributed by atoms with Gasteiger partial charge in [0.2, 0.25) is 17.7 Å². The predicted molar refractivity (Wildman–Crippen MR) is 93.4 cm³/mol. The molecule has 3 amide bonds. The van der Waals surface area contributed by atoms with E-state index in [0.717, 1.165) is 30.6 Å². The number of nitrogens with zero attached hydrogens (tertiary/aromatic N) is 1. The van der Waals surface area contributed by atoms with Gasteiger partial charge in [0.05, 0.1) is 13.5 Å². The second kappa shape index (κ2) is 12.3. The van der Waals surface area contributed by atoms with Crippen LogP contribution in [0.25, 0.3) is 0 Å². The summed E-state index contributed by atoms with van der Waals surface area (Å²) in [5.74, 6) is -2.24. The molecule has 8 nitrogen and oxygen atoms in total. The second-order valence-corrected chi connectivity index (χ2v) is 5.96. The summed E-state index contributed by atoms with van der Waals surface area (Å²) < 4.78 is 11.7. The summed E-state index contributed by atoms with van der Waals surface area (Å²) in [6, 6.07) is -1.96. The number of rotatable bonds is 12. The first kappa shape index (κ1) is 20.9. The van der Waals surface area contributed by atoms with E-state index in [1.165, 1.54) is 21.1 Å². The van der Waals surface area contributed by atoms with Crippen molar-refractivity contribution >= 4 is 23.7 Å². The zero-order valence-corrected chi connectivity index (χ0v) is 15.4. The lowest BCUT2D eigenvalue weighted by atomic mass is 10.1. The molecule has 0 fully saturated rings. The molecule has 0 saturated carbocycles. The molecule has 2 atom stereocenters. The summed E-state index contributed by atoms with van der Waals surface area (Å²) in [6.07, 6.45) is 4.19. The van der Waals surface area contributed by atoms with Gasteiger partial charge in [0.25, 0.3) is 0 Å². The molecule has 8 heteroatoms. The first-order valence-corrected chi connectivity index (χ1v) is 8.46. The molecule has 25 heavy (non-hydrogen) atoms. The summed E-state index contributed by atoms with van der Waals surface area (Å²) in [7, 11) is 2.61. The molecule has 0 saturated heterocycles. The van der Waals surface area contributed by atoms with E-state index in [-0.39, 0.29) is 18.7 Å². The quantitative estimate of drug-likeness (QED) is 0.394. The van der Waals surface area contributed by atoms with Gasteiger partial charge in [-0.25, -0.2) is 4.79 Å². The van der Waals surface area contributed by atoms with Crippen molar-refractivity contribution in [3.8, 4) is 0 Å². The predicted octanol–water partition coefficient (Wildman–Crippen LogP) is 0.727. The molecule has 0 aliphatic carbocycles. The minimum atomic E-state index is -1.11. The number of methoxy groups -OCH3 is 1. The van der Waals surface area contributed by atoms with Gasteiger partial charge in [-0.2, -0.15) is 0 Å². The monoisotopic (exact) mass is 358 g/mol. The number of carbonyl (C=O) groups excluding carboxylic acids is 4. The van der Waals surface area contributed by atoms with Crippen LogP contribution in [0, 0.1) is 0 Å². The lowest BCUT2D eigenvalue weighted by molar-refractivity contribution is -0.152. The highest BCUT2D eigenvalue weighted by Gasteiger charge is 2.30. The van der Waals surface area contributed by atoms with Crippen molar-refractivity contribution in [3.63, 3.8) is 0 Å². The minimum Gasteiger partial charge on any atom is -0.467 e. The van der Waals surface area contributed by atoms with E-state index in [0.29, 0.717) is 13.3 Å². The Morgan fingerprint density at radius 2 is 1.84 bits per heavy atom. The normalized spacial score (nSPS) is 13.3. The zero-order chi connectivity index (χ0) is 20.1. The molecule has 0 aromatic carbocycles. The van der Waals surface area contributed by atoms with Crippen molar-refractivity contribution in [1.82, 2.24) is 10.2 Å². The number of ether oxygens (including phenoxy) is 1. The lowest BCUT2D eigenvalue weighted by Gasteiger charge is -2.27. The van der Waals surface area contributed by atoms with E-state index in [1.807, 2.05) is 0 Å². The van der Waals surface area contributed by atoms with Crippen LogP contribution in [0.5, 0.6) is 0 Å². The number of hydrogen-bond donors (Lipinski definition) is 2. The van der Waals surface area contributed by atoms with Gasteiger partial charge in [-0.05, 0) is 13.3 Å². The summed E-state index contributed by atoms with van der Waals surface area (Å²) in [5, 5.41) is 2.53. The summed E-state index contributed by atoms with van der Waals surface area (Å²) in [5.41, 5.74) is 5.17. The van der Waals surface area contributed by atoms with Crippen LogP contribution in [0.2, 0.25) is 0 Å². The minimum absolute atomic E-state index is 0.236. The number of likely N-dealkylation sites (N-methyl/N-ethyl adjacent to an activating group) is 1. The standard InChI is InChI=1S/C17H31N3O5/c1-5-6-7-8-9-10-15(22)19-13(11-14(18)21)16(23)20(3)12(2)17(24)25-4/h12-13H,5-11H2,1-4H3,(H2,18,21)(H,19,22)/t12-,13-/m0/s1/i1D. The van der Waals surface area contributed by atoms with Gasteiger partial charge in [0, 0.05) is 14.8 Å². The average molecular weight is 358 g/mol. The van der Waals surface area contributed by atoms with Gasteiger partial charge < -0.3 is 20.7 Å². The van der Waals surface area contributed by atoms with Crippen molar-refractivity contribution < 1.29 is 25.3 Å². The summed E-state index contributed by atoms with van der Waals surface area (Å²) in [6.45, 7) is 1.90. The fourth-order valence-corrected chi connectivity index (χ4v) is 2.25. The van der Waals surface area contributed by atoms with Gasteiger partial charge in [-0.15, -0.1) is 0 Å². The number of nitrogens with one attached hydrogen (secondary N) is 1. The Labute approximate surface area is 150 Å². The van der Waals surface area contributed by atoms with Crippen LogP contribution in [-0.4, -0.2) is 54.8 Å². The number of amides is 3. The van der Waals surface area contributed by atoms with Crippen molar-refractivity contribution in [2.45, 2.75) is 70.9 Å². The van der Waals surface area contributed by atoms with E-state index in [1.54, 1.807) is 0 Å². The van der Waals surface area contributed by atoms with Crippen LogP contribution in [0.1, 0.15) is 60.1 Å². The molecule has 0 aliphatic rings. The van der Waals surface area contributed by atoms with Gasteiger partial charge >= 0.3 is 5.97 Å². The van der Waals surface area contributed by atoms with Crippen molar-refractivity contribution in [3.05, 3.63) is 0 Å². The average Bonchev–Trinajstić information content (AvgIpc) is 2.61. The number of primary amides is 1. The third-order valence-electron chi connectivity index (χ3n) is 3.91. The van der Waals surface area contributed by atoms with Crippen LogP contribution in [0.15, 0.2) is 0 Å². The van der Waals surface area contributed by atoms with E-state index >= 15 is 0 Å². The van der Waals surface area contributed by atoms with Gasteiger partial charge in [-0.1, -0.05) is 32.6 Å². The number of hydrogen-bond acceptors (Lipinski definition) is 5. The van der Waals surface area contributed by atoms with Crippen molar-refractivity contribution in [2.24, 2.45) is 5.73 Å².